The van der Waals surface area contributed by atoms with E-state index in [1.54, 1.807) is 6.07 Å². The van der Waals surface area contributed by atoms with E-state index >= 15 is 0 Å². The highest BCUT2D eigenvalue weighted by Crippen LogP contribution is 2.35. The summed E-state index contributed by atoms with van der Waals surface area (Å²) in [5.41, 5.74) is 5.37. The molecule has 0 aliphatic carbocycles. The van der Waals surface area contributed by atoms with Gasteiger partial charge < -0.3 is 9.30 Å². The van der Waals surface area contributed by atoms with Gasteiger partial charge in [-0.25, -0.2) is 0 Å². The van der Waals surface area contributed by atoms with Gasteiger partial charge in [0.1, 0.15) is 5.75 Å². The number of benzene rings is 3. The Morgan fingerprint density at radius 3 is 2.17 bits per heavy atom. The zero-order valence-electron chi connectivity index (χ0n) is 17.3. The molecule has 0 atom stereocenters. The maximum absolute atomic E-state index is 13.1. The number of rotatable bonds is 6. The van der Waals surface area contributed by atoms with Gasteiger partial charge in [-0.15, -0.1) is 0 Å². The van der Waals surface area contributed by atoms with Crippen molar-refractivity contribution in [2.75, 3.05) is 6.61 Å². The molecule has 1 aromatic heterocycles. The van der Waals surface area contributed by atoms with E-state index in [0.717, 1.165) is 45.9 Å². The van der Waals surface area contributed by atoms with Crippen molar-refractivity contribution >= 4 is 0 Å². The molecular formula is C27H25NO2. The van der Waals surface area contributed by atoms with E-state index in [0.29, 0.717) is 6.61 Å². The van der Waals surface area contributed by atoms with Gasteiger partial charge in [0.05, 0.1) is 18.0 Å². The van der Waals surface area contributed by atoms with Gasteiger partial charge in [0.25, 0.3) is 0 Å². The Hall–Kier alpha value is -3.59. The molecule has 0 unspecified atom stereocenters. The molecule has 0 radical (unpaired) electrons. The molecule has 4 rings (SSSR count). The molecule has 0 aliphatic rings. The van der Waals surface area contributed by atoms with Crippen molar-refractivity contribution in [1.82, 2.24) is 4.57 Å². The zero-order valence-corrected chi connectivity index (χ0v) is 17.3. The Morgan fingerprint density at radius 1 is 0.833 bits per heavy atom. The fourth-order valence-electron chi connectivity index (χ4n) is 3.70. The summed E-state index contributed by atoms with van der Waals surface area (Å²) in [5, 5.41) is 0. The molecule has 3 heteroatoms. The Labute approximate surface area is 177 Å². The van der Waals surface area contributed by atoms with Crippen LogP contribution in [0, 0.1) is 6.92 Å². The third kappa shape index (κ3) is 3.79. The Bertz CT molecular complexity index is 1190. The van der Waals surface area contributed by atoms with Gasteiger partial charge in [0.2, 0.25) is 0 Å². The number of hydrogen-bond donors (Lipinski definition) is 0. The van der Waals surface area contributed by atoms with Crippen LogP contribution in [-0.2, 0) is 0 Å². The number of nitrogens with zero attached hydrogens (tertiary/aromatic N) is 1. The Balaban J connectivity index is 2.08. The highest BCUT2D eigenvalue weighted by Gasteiger charge is 2.19. The average molecular weight is 396 g/mol. The van der Waals surface area contributed by atoms with Gasteiger partial charge in [-0.1, -0.05) is 67.6 Å². The second-order valence-electron chi connectivity index (χ2n) is 7.25. The summed E-state index contributed by atoms with van der Waals surface area (Å²) < 4.78 is 8.20. The Morgan fingerprint density at radius 2 is 1.47 bits per heavy atom. The number of pyridine rings is 1. The lowest BCUT2D eigenvalue weighted by molar-refractivity contribution is 0.318. The van der Waals surface area contributed by atoms with Crippen LogP contribution in [0.3, 0.4) is 0 Å². The van der Waals surface area contributed by atoms with Gasteiger partial charge in [-0.05, 0) is 43.2 Å². The van der Waals surface area contributed by atoms with Crippen LogP contribution in [0.25, 0.3) is 28.2 Å². The number of ether oxygens (including phenoxy) is 1. The molecule has 3 nitrogen and oxygen atoms in total. The summed E-state index contributed by atoms with van der Waals surface area (Å²) >= 11 is 0. The van der Waals surface area contributed by atoms with Gasteiger partial charge in [0.15, 0.2) is 5.43 Å². The van der Waals surface area contributed by atoms with Crippen molar-refractivity contribution in [1.29, 1.82) is 0 Å². The predicted molar refractivity (Wildman–Crippen MR) is 123 cm³/mol. The quantitative estimate of drug-likeness (QED) is 0.385. The van der Waals surface area contributed by atoms with Crippen LogP contribution in [0.2, 0.25) is 0 Å². The van der Waals surface area contributed by atoms with Crippen molar-refractivity contribution in [3.63, 3.8) is 0 Å². The summed E-state index contributed by atoms with van der Waals surface area (Å²) in [4.78, 5) is 13.1. The van der Waals surface area contributed by atoms with Crippen LogP contribution in [0.4, 0.5) is 0 Å². The maximum atomic E-state index is 13.1. The summed E-state index contributed by atoms with van der Waals surface area (Å²) in [6.07, 6.45) is 0.920. The van der Waals surface area contributed by atoms with Gasteiger partial charge in [-0.3, -0.25) is 4.79 Å². The van der Waals surface area contributed by atoms with Crippen LogP contribution in [0.15, 0.2) is 95.8 Å². The number of aromatic nitrogens is 1. The fraction of sp³-hybridized carbons (Fsp3) is 0.148. The molecule has 0 bridgehead atoms. The predicted octanol–water partition coefficient (Wildman–Crippen LogP) is 6.27. The largest absolute Gasteiger partial charge is 0.493 e. The van der Waals surface area contributed by atoms with Crippen molar-refractivity contribution in [2.45, 2.75) is 20.3 Å². The average Bonchev–Trinajstić information content (AvgIpc) is 2.80. The molecule has 3 aromatic carbocycles. The number of hydrogen-bond acceptors (Lipinski definition) is 2. The van der Waals surface area contributed by atoms with Crippen LogP contribution in [0.5, 0.6) is 5.75 Å². The van der Waals surface area contributed by atoms with E-state index in [9.17, 15) is 4.79 Å². The van der Waals surface area contributed by atoms with E-state index < -0.39 is 0 Å². The van der Waals surface area contributed by atoms with Crippen molar-refractivity contribution in [3.05, 3.63) is 107 Å². The lowest BCUT2D eigenvalue weighted by atomic mass is 10.0. The third-order valence-corrected chi connectivity index (χ3v) is 5.14. The van der Waals surface area contributed by atoms with E-state index in [4.69, 9.17) is 4.74 Å². The second-order valence-corrected chi connectivity index (χ2v) is 7.25. The summed E-state index contributed by atoms with van der Waals surface area (Å²) in [6, 6.07) is 29.9. The molecule has 0 fully saturated rings. The molecule has 0 saturated carbocycles. The monoisotopic (exact) mass is 395 g/mol. The standard InChI is InChI=1S/C27H25NO2/c1-3-18-30-26-17-11-10-16-23(26)24-19-25(29)20(2)27(21-12-6-4-7-13-21)28(24)22-14-8-5-9-15-22/h4-17,19H,3,18H2,1-2H3. The number of para-hydroxylation sites is 2. The molecule has 0 saturated heterocycles. The lowest BCUT2D eigenvalue weighted by Crippen LogP contribution is -2.16. The molecule has 0 amide bonds. The first-order chi connectivity index (χ1) is 14.7. The minimum absolute atomic E-state index is 0.0151. The van der Waals surface area contributed by atoms with Crippen LogP contribution in [-0.4, -0.2) is 11.2 Å². The van der Waals surface area contributed by atoms with Crippen molar-refractivity contribution < 1.29 is 4.74 Å². The highest BCUT2D eigenvalue weighted by atomic mass is 16.5. The Kier molecular flexibility index (Phi) is 5.80. The molecule has 30 heavy (non-hydrogen) atoms. The molecule has 4 aromatic rings. The molecule has 1 heterocycles. The second kappa shape index (κ2) is 8.83. The maximum Gasteiger partial charge on any atom is 0.185 e. The van der Waals surface area contributed by atoms with E-state index in [1.165, 1.54) is 0 Å². The van der Waals surface area contributed by atoms with E-state index in [-0.39, 0.29) is 5.43 Å². The first-order valence-corrected chi connectivity index (χ1v) is 10.3. The van der Waals surface area contributed by atoms with Gasteiger partial charge in [0, 0.05) is 22.9 Å². The van der Waals surface area contributed by atoms with Gasteiger partial charge >= 0.3 is 0 Å². The van der Waals surface area contributed by atoms with Crippen molar-refractivity contribution in [2.24, 2.45) is 0 Å². The SMILES string of the molecule is CCCOc1ccccc1-c1cc(=O)c(C)c(-c2ccccc2)n1-c1ccccc1. The molecule has 0 aliphatic heterocycles. The molecule has 0 N–H and O–H groups in total. The topological polar surface area (TPSA) is 31.2 Å². The summed E-state index contributed by atoms with van der Waals surface area (Å²) in [5.74, 6) is 0.784. The normalized spacial score (nSPS) is 10.7. The van der Waals surface area contributed by atoms with E-state index in [1.807, 2.05) is 79.7 Å². The van der Waals surface area contributed by atoms with Crippen LogP contribution < -0.4 is 10.2 Å². The van der Waals surface area contributed by atoms with Crippen LogP contribution in [0.1, 0.15) is 18.9 Å². The fourth-order valence-corrected chi connectivity index (χ4v) is 3.70. The minimum atomic E-state index is 0.0151. The van der Waals surface area contributed by atoms with Crippen molar-refractivity contribution in [3.8, 4) is 34.0 Å². The van der Waals surface area contributed by atoms with E-state index in [2.05, 4.69) is 23.6 Å². The molecular weight excluding hydrogens is 370 g/mol. The first kappa shape index (κ1) is 19.7. The zero-order chi connectivity index (χ0) is 20.9. The third-order valence-electron chi connectivity index (χ3n) is 5.14. The lowest BCUT2D eigenvalue weighted by Gasteiger charge is -2.22. The summed E-state index contributed by atoms with van der Waals surface area (Å²) in [7, 11) is 0. The summed E-state index contributed by atoms with van der Waals surface area (Å²) in [6.45, 7) is 4.61. The smallest absolute Gasteiger partial charge is 0.185 e. The first-order valence-electron chi connectivity index (χ1n) is 10.3. The minimum Gasteiger partial charge on any atom is -0.493 e. The molecule has 150 valence electrons. The van der Waals surface area contributed by atoms with Gasteiger partial charge in [-0.2, -0.15) is 0 Å². The highest BCUT2D eigenvalue weighted by molar-refractivity contribution is 5.76. The van der Waals surface area contributed by atoms with Crippen LogP contribution >= 0.6 is 0 Å². The molecule has 0 spiro atoms.